The minimum absolute atomic E-state index is 0.122. The number of hydrogen-bond acceptors (Lipinski definition) is 3. The van der Waals surface area contributed by atoms with Gasteiger partial charge in [0.25, 0.3) is 0 Å². The van der Waals surface area contributed by atoms with Crippen LogP contribution < -0.4 is 11.5 Å². The van der Waals surface area contributed by atoms with Crippen molar-refractivity contribution in [3.63, 3.8) is 0 Å². The van der Waals surface area contributed by atoms with Gasteiger partial charge in [0, 0.05) is 19.1 Å². The molecule has 1 aromatic carbocycles. The Morgan fingerprint density at radius 1 is 1.42 bits per heavy atom. The number of amides is 1. The highest BCUT2D eigenvalue weighted by Crippen LogP contribution is 2.21. The lowest BCUT2D eigenvalue weighted by Gasteiger charge is -2.31. The Balaban J connectivity index is 2.97. The van der Waals surface area contributed by atoms with Gasteiger partial charge < -0.3 is 11.5 Å². The Morgan fingerprint density at radius 2 is 2.11 bits per heavy atom. The number of rotatable bonds is 7. The van der Waals surface area contributed by atoms with Crippen LogP contribution in [-0.2, 0) is 4.79 Å². The molecule has 0 aliphatic heterocycles. The Morgan fingerprint density at radius 3 is 2.58 bits per heavy atom. The summed E-state index contributed by atoms with van der Waals surface area (Å²) in [5.74, 6) is -0.350. The average Bonchev–Trinajstić information content (AvgIpc) is 2.28. The maximum absolute atomic E-state index is 13.3. The van der Waals surface area contributed by atoms with E-state index in [4.69, 9.17) is 11.5 Å². The fraction of sp³-hybridized carbons (Fsp3) is 0.500. The van der Waals surface area contributed by atoms with E-state index < -0.39 is 5.91 Å². The van der Waals surface area contributed by atoms with Crippen molar-refractivity contribution >= 4 is 5.91 Å². The zero-order valence-corrected chi connectivity index (χ0v) is 11.5. The van der Waals surface area contributed by atoms with Crippen molar-refractivity contribution in [2.24, 2.45) is 17.4 Å². The Kier molecular flexibility index (Phi) is 5.92. The molecule has 1 atom stereocenters. The number of halogens is 1. The number of carbonyl (C=O) groups excluding carboxylic acids is 1. The first-order chi connectivity index (χ1) is 8.93. The summed E-state index contributed by atoms with van der Waals surface area (Å²) in [4.78, 5) is 13.1. The topological polar surface area (TPSA) is 72.3 Å². The van der Waals surface area contributed by atoms with Crippen LogP contribution in [0.25, 0.3) is 0 Å². The monoisotopic (exact) mass is 267 g/mol. The van der Waals surface area contributed by atoms with Crippen LogP contribution in [0.3, 0.4) is 0 Å². The van der Waals surface area contributed by atoms with E-state index in [0.29, 0.717) is 19.0 Å². The van der Waals surface area contributed by atoms with Crippen LogP contribution in [0.5, 0.6) is 0 Å². The molecule has 1 aromatic rings. The van der Waals surface area contributed by atoms with Crippen LogP contribution in [0.15, 0.2) is 24.3 Å². The van der Waals surface area contributed by atoms with Gasteiger partial charge in [-0.05, 0) is 23.6 Å². The van der Waals surface area contributed by atoms with E-state index in [9.17, 15) is 9.18 Å². The van der Waals surface area contributed by atoms with Crippen LogP contribution in [0.4, 0.5) is 4.39 Å². The molecule has 1 unspecified atom stereocenters. The molecule has 0 aliphatic carbocycles. The van der Waals surface area contributed by atoms with Crippen LogP contribution in [0, 0.1) is 11.7 Å². The third kappa shape index (κ3) is 4.96. The van der Waals surface area contributed by atoms with Crippen molar-refractivity contribution in [1.82, 2.24) is 4.90 Å². The highest BCUT2D eigenvalue weighted by Gasteiger charge is 2.21. The van der Waals surface area contributed by atoms with Crippen molar-refractivity contribution in [2.45, 2.75) is 19.9 Å². The van der Waals surface area contributed by atoms with Gasteiger partial charge in [0.15, 0.2) is 0 Å². The van der Waals surface area contributed by atoms with Gasteiger partial charge in [0.1, 0.15) is 5.82 Å². The van der Waals surface area contributed by atoms with E-state index in [2.05, 4.69) is 0 Å². The van der Waals surface area contributed by atoms with Crippen LogP contribution in [-0.4, -0.2) is 30.4 Å². The molecule has 0 bridgehead atoms. The molecule has 106 valence electrons. The van der Waals surface area contributed by atoms with Gasteiger partial charge in [-0.15, -0.1) is 0 Å². The summed E-state index contributed by atoms with van der Waals surface area (Å²) in [7, 11) is 0. The van der Waals surface area contributed by atoms with E-state index in [-0.39, 0.29) is 18.4 Å². The largest absolute Gasteiger partial charge is 0.369 e. The van der Waals surface area contributed by atoms with Gasteiger partial charge in [-0.1, -0.05) is 26.0 Å². The summed E-state index contributed by atoms with van der Waals surface area (Å²) in [5, 5.41) is 0. The predicted molar refractivity (Wildman–Crippen MR) is 73.8 cm³/mol. The molecule has 1 amide bonds. The van der Waals surface area contributed by atoms with Gasteiger partial charge in [-0.3, -0.25) is 9.69 Å². The highest BCUT2D eigenvalue weighted by atomic mass is 19.1. The Hall–Kier alpha value is -1.46. The summed E-state index contributed by atoms with van der Waals surface area (Å²) >= 11 is 0. The number of benzene rings is 1. The average molecular weight is 267 g/mol. The van der Waals surface area contributed by atoms with Crippen LogP contribution in [0.2, 0.25) is 0 Å². The number of carbonyl (C=O) groups is 1. The fourth-order valence-electron chi connectivity index (χ4n) is 2.18. The highest BCUT2D eigenvalue weighted by molar-refractivity contribution is 5.76. The second-order valence-corrected chi connectivity index (χ2v) is 5.10. The first-order valence-corrected chi connectivity index (χ1v) is 6.42. The summed E-state index contributed by atoms with van der Waals surface area (Å²) in [6.07, 6.45) is 0. The molecular weight excluding hydrogens is 245 g/mol. The quantitative estimate of drug-likeness (QED) is 0.781. The lowest BCUT2D eigenvalue weighted by molar-refractivity contribution is -0.119. The molecule has 0 spiro atoms. The molecular formula is C14H22FN3O. The van der Waals surface area contributed by atoms with E-state index >= 15 is 0 Å². The molecule has 0 saturated carbocycles. The summed E-state index contributed by atoms with van der Waals surface area (Å²) in [6.45, 7) is 5.21. The zero-order valence-electron chi connectivity index (χ0n) is 11.5. The molecule has 0 aromatic heterocycles. The number of nitrogens with two attached hydrogens (primary N) is 2. The van der Waals surface area contributed by atoms with Crippen molar-refractivity contribution in [3.05, 3.63) is 35.6 Å². The van der Waals surface area contributed by atoms with Crippen molar-refractivity contribution in [1.29, 1.82) is 0 Å². The number of nitrogens with zero attached hydrogens (tertiary/aromatic N) is 1. The minimum atomic E-state index is -0.407. The predicted octanol–water partition coefficient (Wildman–Crippen LogP) is 1.27. The standard InChI is InChI=1S/C14H22FN3O/c1-10(2)8-18(9-14(17)19)13(7-16)11-4-3-5-12(15)6-11/h3-6,10,13H,7-9,16H2,1-2H3,(H2,17,19). The summed E-state index contributed by atoms with van der Waals surface area (Å²) in [5.41, 5.74) is 11.8. The third-order valence-electron chi connectivity index (χ3n) is 2.86. The second-order valence-electron chi connectivity index (χ2n) is 5.10. The lowest BCUT2D eigenvalue weighted by atomic mass is 10.0. The first kappa shape index (κ1) is 15.6. The third-order valence-corrected chi connectivity index (χ3v) is 2.86. The van der Waals surface area contributed by atoms with E-state index in [1.807, 2.05) is 24.8 Å². The van der Waals surface area contributed by atoms with Gasteiger partial charge in [-0.25, -0.2) is 4.39 Å². The Labute approximate surface area is 113 Å². The number of hydrogen-bond donors (Lipinski definition) is 2. The molecule has 0 aliphatic rings. The molecule has 0 heterocycles. The molecule has 0 fully saturated rings. The molecule has 19 heavy (non-hydrogen) atoms. The second kappa shape index (κ2) is 7.21. The van der Waals surface area contributed by atoms with E-state index in [0.717, 1.165) is 5.56 Å². The lowest BCUT2D eigenvalue weighted by Crippen LogP contribution is -2.41. The molecule has 0 radical (unpaired) electrons. The van der Waals surface area contributed by atoms with E-state index in [1.54, 1.807) is 6.07 Å². The SMILES string of the molecule is CC(C)CN(CC(N)=O)C(CN)c1cccc(F)c1. The minimum Gasteiger partial charge on any atom is -0.369 e. The smallest absolute Gasteiger partial charge is 0.231 e. The Bertz CT molecular complexity index is 423. The molecule has 1 rings (SSSR count). The maximum Gasteiger partial charge on any atom is 0.231 e. The maximum atomic E-state index is 13.3. The summed E-state index contributed by atoms with van der Waals surface area (Å²) in [6, 6.07) is 6.09. The molecule has 5 heteroatoms. The van der Waals surface area contributed by atoms with Crippen LogP contribution >= 0.6 is 0 Å². The molecule has 4 N–H and O–H groups in total. The van der Waals surface area contributed by atoms with Gasteiger partial charge in [0.2, 0.25) is 5.91 Å². The fourth-order valence-corrected chi connectivity index (χ4v) is 2.18. The normalized spacial score (nSPS) is 12.9. The van der Waals surface area contributed by atoms with Gasteiger partial charge in [-0.2, -0.15) is 0 Å². The summed E-state index contributed by atoms with van der Waals surface area (Å²) < 4.78 is 13.3. The van der Waals surface area contributed by atoms with Crippen molar-refractivity contribution in [2.75, 3.05) is 19.6 Å². The van der Waals surface area contributed by atoms with E-state index in [1.165, 1.54) is 12.1 Å². The number of primary amides is 1. The zero-order chi connectivity index (χ0) is 14.4. The van der Waals surface area contributed by atoms with Gasteiger partial charge in [0.05, 0.1) is 6.54 Å². The van der Waals surface area contributed by atoms with Crippen molar-refractivity contribution in [3.8, 4) is 0 Å². The molecule has 0 saturated heterocycles. The van der Waals surface area contributed by atoms with Crippen LogP contribution in [0.1, 0.15) is 25.5 Å². The van der Waals surface area contributed by atoms with Gasteiger partial charge >= 0.3 is 0 Å². The molecule has 4 nitrogen and oxygen atoms in total. The van der Waals surface area contributed by atoms with Crippen molar-refractivity contribution < 1.29 is 9.18 Å². The first-order valence-electron chi connectivity index (χ1n) is 6.42.